The summed E-state index contributed by atoms with van der Waals surface area (Å²) < 4.78 is 0. The normalized spacial score (nSPS) is 18.6. The predicted octanol–water partition coefficient (Wildman–Crippen LogP) is 4.24. The molecule has 0 amide bonds. The minimum absolute atomic E-state index is 0.252. The highest BCUT2D eigenvalue weighted by Gasteiger charge is 2.26. The van der Waals surface area contributed by atoms with Crippen LogP contribution >= 0.6 is 11.6 Å². The molecule has 1 atom stereocenters. The summed E-state index contributed by atoms with van der Waals surface area (Å²) >= 11 is 6.26. The lowest BCUT2D eigenvalue weighted by atomic mass is 9.83. The van der Waals surface area contributed by atoms with Crippen molar-refractivity contribution in [3.63, 3.8) is 0 Å². The van der Waals surface area contributed by atoms with Gasteiger partial charge in [-0.2, -0.15) is 0 Å². The monoisotopic (exact) mass is 301 g/mol. The summed E-state index contributed by atoms with van der Waals surface area (Å²) in [6, 6.07) is 10.1. The quantitative estimate of drug-likeness (QED) is 0.851. The van der Waals surface area contributed by atoms with E-state index in [1.807, 2.05) is 25.1 Å². The maximum absolute atomic E-state index is 10.0. The lowest BCUT2D eigenvalue weighted by Crippen LogP contribution is -2.31. The van der Waals surface area contributed by atoms with Crippen molar-refractivity contribution in [3.8, 4) is 5.75 Å². The number of hydrogen-bond acceptors (Lipinski definition) is 2. The second kappa shape index (κ2) is 5.36. The van der Waals surface area contributed by atoms with Gasteiger partial charge in [0.15, 0.2) is 0 Å². The minimum Gasteiger partial charge on any atom is -0.508 e. The summed E-state index contributed by atoms with van der Waals surface area (Å²) in [7, 11) is 2.14. The third-order valence-electron chi connectivity index (χ3n) is 4.41. The van der Waals surface area contributed by atoms with Gasteiger partial charge in [0.25, 0.3) is 0 Å². The van der Waals surface area contributed by atoms with Gasteiger partial charge in [0.05, 0.1) is 0 Å². The van der Waals surface area contributed by atoms with E-state index in [4.69, 9.17) is 11.6 Å². The van der Waals surface area contributed by atoms with E-state index in [1.165, 1.54) is 16.7 Å². The number of aromatic hydroxyl groups is 1. The zero-order chi connectivity index (χ0) is 15.1. The number of phenolic OH excluding ortho intramolecular Hbond substituents is 1. The summed E-state index contributed by atoms with van der Waals surface area (Å²) in [6.07, 6.45) is 0. The van der Waals surface area contributed by atoms with Crippen molar-refractivity contribution >= 4 is 11.6 Å². The highest BCUT2D eigenvalue weighted by Crippen LogP contribution is 2.37. The molecule has 1 heterocycles. The third kappa shape index (κ3) is 2.66. The van der Waals surface area contributed by atoms with Crippen LogP contribution in [-0.4, -0.2) is 23.6 Å². The molecule has 1 N–H and O–H groups in total. The van der Waals surface area contributed by atoms with Crippen LogP contribution in [-0.2, 0) is 6.54 Å². The molecule has 0 saturated heterocycles. The van der Waals surface area contributed by atoms with Gasteiger partial charge in [-0.05, 0) is 66.9 Å². The van der Waals surface area contributed by atoms with Gasteiger partial charge >= 0.3 is 0 Å². The van der Waals surface area contributed by atoms with E-state index in [9.17, 15) is 5.11 Å². The van der Waals surface area contributed by atoms with Gasteiger partial charge in [-0.3, -0.25) is 0 Å². The van der Waals surface area contributed by atoms with E-state index in [0.717, 1.165) is 29.2 Å². The van der Waals surface area contributed by atoms with E-state index in [-0.39, 0.29) is 5.92 Å². The Bertz CT molecular complexity index is 696. The second-order valence-electron chi connectivity index (χ2n) is 6.09. The zero-order valence-electron chi connectivity index (χ0n) is 12.7. The standard InChI is InChI=1S/C18H20ClNO/c1-11-4-5-13(7-18(11)21)17-10-20(3)9-16-12(2)6-14(19)8-15(16)17/h4-8,17,21H,9-10H2,1-3H3. The number of nitrogens with zero attached hydrogens (tertiary/aromatic N) is 1. The van der Waals surface area contributed by atoms with Crippen molar-refractivity contribution < 1.29 is 5.11 Å². The number of benzene rings is 2. The average molecular weight is 302 g/mol. The summed E-state index contributed by atoms with van der Waals surface area (Å²) in [5.41, 5.74) is 5.95. The van der Waals surface area contributed by atoms with Crippen molar-refractivity contribution in [2.24, 2.45) is 0 Å². The predicted molar refractivity (Wildman–Crippen MR) is 87.2 cm³/mol. The Balaban J connectivity index is 2.14. The number of halogens is 1. The molecule has 21 heavy (non-hydrogen) atoms. The van der Waals surface area contributed by atoms with Gasteiger partial charge < -0.3 is 10.0 Å². The van der Waals surface area contributed by atoms with Crippen molar-refractivity contribution in [3.05, 3.63) is 63.2 Å². The maximum Gasteiger partial charge on any atom is 0.118 e. The van der Waals surface area contributed by atoms with Crippen molar-refractivity contribution in [2.45, 2.75) is 26.3 Å². The van der Waals surface area contributed by atoms with Crippen LogP contribution in [0.25, 0.3) is 0 Å². The molecule has 0 bridgehead atoms. The smallest absolute Gasteiger partial charge is 0.118 e. The molecule has 3 rings (SSSR count). The molecule has 0 aromatic heterocycles. The van der Waals surface area contributed by atoms with E-state index >= 15 is 0 Å². The van der Waals surface area contributed by atoms with Gasteiger partial charge in [0.2, 0.25) is 0 Å². The van der Waals surface area contributed by atoms with Crippen LogP contribution in [0, 0.1) is 13.8 Å². The molecule has 2 aromatic carbocycles. The topological polar surface area (TPSA) is 23.5 Å². The summed E-state index contributed by atoms with van der Waals surface area (Å²) in [4.78, 5) is 2.32. The van der Waals surface area contributed by atoms with E-state index < -0.39 is 0 Å². The number of hydrogen-bond donors (Lipinski definition) is 1. The Hall–Kier alpha value is -1.51. The number of rotatable bonds is 1. The highest BCUT2D eigenvalue weighted by molar-refractivity contribution is 6.30. The molecule has 3 heteroatoms. The molecule has 0 saturated carbocycles. The van der Waals surface area contributed by atoms with Crippen molar-refractivity contribution in [1.82, 2.24) is 4.90 Å². The average Bonchev–Trinajstić information content (AvgIpc) is 2.42. The summed E-state index contributed by atoms with van der Waals surface area (Å²) in [5, 5.41) is 10.8. The van der Waals surface area contributed by atoms with Crippen LogP contribution in [0.15, 0.2) is 30.3 Å². The lowest BCUT2D eigenvalue weighted by Gasteiger charge is -2.34. The van der Waals surface area contributed by atoms with Gasteiger partial charge in [-0.15, -0.1) is 0 Å². The molecule has 1 aliphatic rings. The number of fused-ring (bicyclic) bond motifs is 1. The first kappa shape index (κ1) is 14.4. The minimum atomic E-state index is 0.252. The van der Waals surface area contributed by atoms with Crippen LogP contribution in [0.5, 0.6) is 5.75 Å². The van der Waals surface area contributed by atoms with Crippen LogP contribution in [0.3, 0.4) is 0 Å². The Kier molecular flexibility index (Phi) is 3.68. The Morgan fingerprint density at radius 3 is 2.62 bits per heavy atom. The van der Waals surface area contributed by atoms with E-state index in [0.29, 0.717) is 5.75 Å². The highest BCUT2D eigenvalue weighted by atomic mass is 35.5. The van der Waals surface area contributed by atoms with Gasteiger partial charge in [-0.1, -0.05) is 23.7 Å². The molecule has 0 spiro atoms. The first-order valence-electron chi connectivity index (χ1n) is 7.22. The molecule has 2 nitrogen and oxygen atoms in total. The second-order valence-corrected chi connectivity index (χ2v) is 6.52. The third-order valence-corrected chi connectivity index (χ3v) is 4.62. The molecule has 110 valence electrons. The van der Waals surface area contributed by atoms with Crippen molar-refractivity contribution in [1.29, 1.82) is 0 Å². The summed E-state index contributed by atoms with van der Waals surface area (Å²) in [6.45, 7) is 5.93. The number of phenols is 1. The maximum atomic E-state index is 10.0. The zero-order valence-corrected chi connectivity index (χ0v) is 13.4. The fraction of sp³-hybridized carbons (Fsp3) is 0.333. The Labute approximate surface area is 131 Å². The molecular formula is C18H20ClNO. The van der Waals surface area contributed by atoms with Crippen LogP contribution in [0.4, 0.5) is 0 Å². The molecule has 1 unspecified atom stereocenters. The van der Waals surface area contributed by atoms with Gasteiger partial charge in [0.1, 0.15) is 5.75 Å². The number of aryl methyl sites for hydroxylation is 2. The van der Waals surface area contributed by atoms with Crippen molar-refractivity contribution in [2.75, 3.05) is 13.6 Å². The molecule has 1 aliphatic heterocycles. The Morgan fingerprint density at radius 2 is 1.90 bits per heavy atom. The molecule has 0 fully saturated rings. The van der Waals surface area contributed by atoms with E-state index in [2.05, 4.69) is 31.0 Å². The van der Waals surface area contributed by atoms with E-state index in [1.54, 1.807) is 0 Å². The lowest BCUT2D eigenvalue weighted by molar-refractivity contribution is 0.294. The number of likely N-dealkylation sites (N-methyl/N-ethyl adjacent to an activating group) is 1. The first-order valence-corrected chi connectivity index (χ1v) is 7.60. The van der Waals surface area contributed by atoms with Gasteiger partial charge in [-0.25, -0.2) is 0 Å². The first-order chi connectivity index (χ1) is 9.95. The largest absolute Gasteiger partial charge is 0.508 e. The molecule has 0 radical (unpaired) electrons. The van der Waals surface area contributed by atoms with Crippen LogP contribution in [0.2, 0.25) is 5.02 Å². The van der Waals surface area contributed by atoms with Gasteiger partial charge in [0, 0.05) is 24.0 Å². The molecular weight excluding hydrogens is 282 g/mol. The summed E-state index contributed by atoms with van der Waals surface area (Å²) in [5.74, 6) is 0.615. The SMILES string of the molecule is Cc1ccc(C2CN(C)Cc3c(C)cc(Cl)cc32)cc1O. The van der Waals surface area contributed by atoms with Crippen LogP contribution < -0.4 is 0 Å². The molecule has 0 aliphatic carbocycles. The fourth-order valence-electron chi connectivity index (χ4n) is 3.20. The molecule has 2 aromatic rings. The fourth-order valence-corrected chi connectivity index (χ4v) is 3.48. The Morgan fingerprint density at radius 1 is 1.14 bits per heavy atom. The van der Waals surface area contributed by atoms with Crippen LogP contribution in [0.1, 0.15) is 33.7 Å².